The van der Waals surface area contributed by atoms with E-state index in [1.807, 2.05) is 30.3 Å². The molecule has 1 aliphatic rings. The number of aromatic nitrogens is 1. The fraction of sp³-hybridized carbons (Fsp3) is 0.250. The summed E-state index contributed by atoms with van der Waals surface area (Å²) in [5.41, 5.74) is 0. The minimum Gasteiger partial charge on any atom is -0.439 e. The SMILES string of the molecule is O=C(Nc1cccc(Oc2ccccc2)n1)C1COCCO1. The molecule has 2 heterocycles. The number of para-hydroxylation sites is 1. The lowest BCUT2D eigenvalue weighted by Crippen LogP contribution is -2.39. The average molecular weight is 300 g/mol. The lowest BCUT2D eigenvalue weighted by atomic mass is 10.3. The van der Waals surface area contributed by atoms with Crippen molar-refractivity contribution in [2.24, 2.45) is 0 Å². The van der Waals surface area contributed by atoms with E-state index in [2.05, 4.69) is 10.3 Å². The lowest BCUT2D eigenvalue weighted by Gasteiger charge is -2.21. The second kappa shape index (κ2) is 7.02. The van der Waals surface area contributed by atoms with E-state index in [9.17, 15) is 4.79 Å². The van der Waals surface area contributed by atoms with Gasteiger partial charge in [-0.1, -0.05) is 24.3 Å². The van der Waals surface area contributed by atoms with Gasteiger partial charge in [0.05, 0.1) is 19.8 Å². The number of pyridine rings is 1. The largest absolute Gasteiger partial charge is 0.439 e. The van der Waals surface area contributed by atoms with Crippen molar-refractivity contribution < 1.29 is 19.0 Å². The first-order chi connectivity index (χ1) is 10.8. The molecule has 6 heteroatoms. The van der Waals surface area contributed by atoms with Crippen LogP contribution in [0.2, 0.25) is 0 Å². The highest BCUT2D eigenvalue weighted by Gasteiger charge is 2.23. The summed E-state index contributed by atoms with van der Waals surface area (Å²) in [5, 5.41) is 2.70. The van der Waals surface area contributed by atoms with Crippen molar-refractivity contribution in [1.29, 1.82) is 0 Å². The molecule has 22 heavy (non-hydrogen) atoms. The predicted octanol–water partition coefficient (Wildman–Crippen LogP) is 2.23. The average Bonchev–Trinajstić information content (AvgIpc) is 2.57. The number of amides is 1. The van der Waals surface area contributed by atoms with Crippen LogP contribution in [0.1, 0.15) is 0 Å². The van der Waals surface area contributed by atoms with Gasteiger partial charge in [-0.05, 0) is 18.2 Å². The number of nitrogens with one attached hydrogen (secondary N) is 1. The van der Waals surface area contributed by atoms with Gasteiger partial charge in [0.25, 0.3) is 5.91 Å². The summed E-state index contributed by atoms with van der Waals surface area (Å²) in [6.45, 7) is 1.19. The minimum absolute atomic E-state index is 0.256. The van der Waals surface area contributed by atoms with Crippen LogP contribution in [0.25, 0.3) is 0 Å². The smallest absolute Gasteiger partial charge is 0.257 e. The molecule has 1 aromatic carbocycles. The number of carbonyl (C=O) groups excluding carboxylic acids is 1. The molecule has 1 fully saturated rings. The first-order valence-electron chi connectivity index (χ1n) is 7.01. The van der Waals surface area contributed by atoms with Gasteiger partial charge >= 0.3 is 0 Å². The molecule has 114 valence electrons. The normalized spacial score (nSPS) is 17.7. The van der Waals surface area contributed by atoms with Crippen molar-refractivity contribution in [3.8, 4) is 11.6 Å². The quantitative estimate of drug-likeness (QED) is 0.937. The summed E-state index contributed by atoms with van der Waals surface area (Å²) >= 11 is 0. The molecule has 1 aliphatic heterocycles. The Bertz CT molecular complexity index is 627. The van der Waals surface area contributed by atoms with E-state index in [1.54, 1.807) is 18.2 Å². The van der Waals surface area contributed by atoms with Gasteiger partial charge in [-0.25, -0.2) is 0 Å². The van der Waals surface area contributed by atoms with E-state index in [-0.39, 0.29) is 12.5 Å². The summed E-state index contributed by atoms with van der Waals surface area (Å²) in [4.78, 5) is 16.3. The Kier molecular flexibility index (Phi) is 4.62. The summed E-state index contributed by atoms with van der Waals surface area (Å²) < 4.78 is 16.2. The Morgan fingerprint density at radius 3 is 2.77 bits per heavy atom. The van der Waals surface area contributed by atoms with Crippen molar-refractivity contribution in [1.82, 2.24) is 4.98 Å². The van der Waals surface area contributed by atoms with Crippen LogP contribution < -0.4 is 10.1 Å². The number of hydrogen-bond acceptors (Lipinski definition) is 5. The van der Waals surface area contributed by atoms with Crippen molar-refractivity contribution >= 4 is 11.7 Å². The van der Waals surface area contributed by atoms with Crippen LogP contribution >= 0.6 is 0 Å². The van der Waals surface area contributed by atoms with Crippen molar-refractivity contribution in [3.63, 3.8) is 0 Å². The fourth-order valence-corrected chi connectivity index (χ4v) is 2.00. The topological polar surface area (TPSA) is 69.7 Å². The third kappa shape index (κ3) is 3.81. The molecule has 2 aromatic rings. The molecule has 1 unspecified atom stereocenters. The molecule has 0 aliphatic carbocycles. The van der Waals surface area contributed by atoms with Gasteiger partial charge in [-0.3, -0.25) is 4.79 Å². The number of ether oxygens (including phenoxy) is 3. The van der Waals surface area contributed by atoms with Gasteiger partial charge in [-0.2, -0.15) is 4.98 Å². The molecule has 3 rings (SSSR count). The van der Waals surface area contributed by atoms with Gasteiger partial charge in [0, 0.05) is 6.07 Å². The van der Waals surface area contributed by atoms with E-state index in [0.717, 1.165) is 0 Å². The van der Waals surface area contributed by atoms with E-state index < -0.39 is 6.10 Å². The van der Waals surface area contributed by atoms with Crippen molar-refractivity contribution in [2.45, 2.75) is 6.10 Å². The zero-order valence-corrected chi connectivity index (χ0v) is 11.9. The van der Waals surface area contributed by atoms with Gasteiger partial charge < -0.3 is 19.5 Å². The van der Waals surface area contributed by atoms with E-state index >= 15 is 0 Å². The number of benzene rings is 1. The molecule has 0 bridgehead atoms. The van der Waals surface area contributed by atoms with Crippen LogP contribution in [-0.4, -0.2) is 36.8 Å². The zero-order chi connectivity index (χ0) is 15.2. The summed E-state index contributed by atoms with van der Waals surface area (Å²) in [6, 6.07) is 14.5. The maximum absolute atomic E-state index is 12.0. The zero-order valence-electron chi connectivity index (χ0n) is 11.9. The van der Waals surface area contributed by atoms with E-state index in [4.69, 9.17) is 14.2 Å². The van der Waals surface area contributed by atoms with Crippen LogP contribution in [-0.2, 0) is 14.3 Å². The molecule has 1 amide bonds. The van der Waals surface area contributed by atoms with Crippen LogP contribution in [0.4, 0.5) is 5.82 Å². The first-order valence-corrected chi connectivity index (χ1v) is 7.01. The molecule has 0 spiro atoms. The highest BCUT2D eigenvalue weighted by Crippen LogP contribution is 2.20. The molecule has 0 radical (unpaired) electrons. The van der Waals surface area contributed by atoms with Crippen molar-refractivity contribution in [2.75, 3.05) is 25.1 Å². The number of rotatable bonds is 4. The Morgan fingerprint density at radius 2 is 2.00 bits per heavy atom. The van der Waals surface area contributed by atoms with Gasteiger partial charge in [0.15, 0.2) is 6.10 Å². The van der Waals surface area contributed by atoms with Crippen LogP contribution in [0.3, 0.4) is 0 Å². The molecule has 0 saturated carbocycles. The third-order valence-electron chi connectivity index (χ3n) is 3.05. The van der Waals surface area contributed by atoms with Gasteiger partial charge in [0.1, 0.15) is 11.6 Å². The molecular formula is C16H16N2O4. The number of hydrogen-bond donors (Lipinski definition) is 1. The highest BCUT2D eigenvalue weighted by atomic mass is 16.6. The molecule has 6 nitrogen and oxygen atoms in total. The van der Waals surface area contributed by atoms with E-state index in [1.165, 1.54) is 0 Å². The monoisotopic (exact) mass is 300 g/mol. The standard InChI is InChI=1S/C16H16N2O4/c19-16(13-11-20-9-10-21-13)18-14-7-4-8-15(17-14)22-12-5-2-1-3-6-12/h1-8,13H,9-11H2,(H,17,18,19). The van der Waals surface area contributed by atoms with Gasteiger partial charge in [0.2, 0.25) is 5.88 Å². The molecule has 1 aromatic heterocycles. The first kappa shape index (κ1) is 14.5. The number of carbonyl (C=O) groups is 1. The molecule has 1 atom stereocenters. The minimum atomic E-state index is -0.603. The number of anilines is 1. The molecule has 1 saturated heterocycles. The second-order valence-corrected chi connectivity index (χ2v) is 4.70. The van der Waals surface area contributed by atoms with Gasteiger partial charge in [-0.15, -0.1) is 0 Å². The predicted molar refractivity (Wildman–Crippen MR) is 79.9 cm³/mol. The third-order valence-corrected chi connectivity index (χ3v) is 3.05. The Hall–Kier alpha value is -2.44. The Balaban J connectivity index is 1.64. The lowest BCUT2D eigenvalue weighted by molar-refractivity contribution is -0.142. The Labute approximate surface area is 128 Å². The summed E-state index contributed by atoms with van der Waals surface area (Å²) in [6.07, 6.45) is -0.603. The molecular weight excluding hydrogens is 284 g/mol. The van der Waals surface area contributed by atoms with Crippen LogP contribution in [0, 0.1) is 0 Å². The maximum Gasteiger partial charge on any atom is 0.257 e. The van der Waals surface area contributed by atoms with Crippen molar-refractivity contribution in [3.05, 3.63) is 48.5 Å². The molecule has 1 N–H and O–H groups in total. The summed E-state index contributed by atoms with van der Waals surface area (Å²) in [7, 11) is 0. The summed E-state index contributed by atoms with van der Waals surface area (Å²) in [5.74, 6) is 1.23. The Morgan fingerprint density at radius 1 is 1.14 bits per heavy atom. The van der Waals surface area contributed by atoms with Crippen LogP contribution in [0.5, 0.6) is 11.6 Å². The highest BCUT2D eigenvalue weighted by molar-refractivity contribution is 5.93. The maximum atomic E-state index is 12.0. The van der Waals surface area contributed by atoms with Crippen LogP contribution in [0.15, 0.2) is 48.5 Å². The second-order valence-electron chi connectivity index (χ2n) is 4.70. The fourth-order valence-electron chi connectivity index (χ4n) is 2.00. The van der Waals surface area contributed by atoms with E-state index in [0.29, 0.717) is 30.7 Å². The number of nitrogens with zero attached hydrogens (tertiary/aromatic N) is 1.